The maximum atomic E-state index is 12.9. The summed E-state index contributed by atoms with van der Waals surface area (Å²) in [7, 11) is 1.29. The van der Waals surface area contributed by atoms with Crippen LogP contribution in [0.4, 0.5) is 4.39 Å². The van der Waals surface area contributed by atoms with Crippen molar-refractivity contribution in [3.63, 3.8) is 0 Å². The van der Waals surface area contributed by atoms with Gasteiger partial charge in [-0.25, -0.2) is 9.18 Å². The summed E-state index contributed by atoms with van der Waals surface area (Å²) in [5.41, 5.74) is 0.764. The Morgan fingerprint density at radius 3 is 2.64 bits per heavy atom. The maximum Gasteiger partial charge on any atom is 0.328 e. The molecule has 0 radical (unpaired) electrons. The lowest BCUT2D eigenvalue weighted by Gasteiger charge is -2.22. The molecular formula is C17H20FNO3. The van der Waals surface area contributed by atoms with Crippen molar-refractivity contribution in [2.24, 2.45) is 5.92 Å². The van der Waals surface area contributed by atoms with Gasteiger partial charge in [-0.1, -0.05) is 24.3 Å². The zero-order valence-electron chi connectivity index (χ0n) is 12.5. The summed E-state index contributed by atoms with van der Waals surface area (Å²) in [6.07, 6.45) is 6.67. The van der Waals surface area contributed by atoms with Gasteiger partial charge in [-0.05, 0) is 37.0 Å². The molecular weight excluding hydrogens is 285 g/mol. The molecule has 0 aromatic heterocycles. The SMILES string of the molecule is COC(=O)[C@@H](Cc1ccc(F)cc1)NC(=O)[C@H]1CC=CCC1. The monoisotopic (exact) mass is 305 g/mol. The average Bonchev–Trinajstić information content (AvgIpc) is 2.56. The van der Waals surface area contributed by atoms with Crippen molar-refractivity contribution < 1.29 is 18.7 Å². The van der Waals surface area contributed by atoms with Crippen LogP contribution in [0.3, 0.4) is 0 Å². The molecule has 0 aliphatic heterocycles. The van der Waals surface area contributed by atoms with E-state index in [0.29, 0.717) is 6.42 Å². The molecule has 0 saturated carbocycles. The third-order valence-electron chi connectivity index (χ3n) is 3.80. The van der Waals surface area contributed by atoms with E-state index in [1.807, 2.05) is 6.08 Å². The summed E-state index contributed by atoms with van der Waals surface area (Å²) in [6.45, 7) is 0. The van der Waals surface area contributed by atoms with Crippen LogP contribution in [0, 0.1) is 11.7 Å². The number of carbonyl (C=O) groups is 2. The van der Waals surface area contributed by atoms with Gasteiger partial charge in [0, 0.05) is 12.3 Å². The molecule has 1 aromatic carbocycles. The Morgan fingerprint density at radius 1 is 1.32 bits per heavy atom. The Labute approximate surface area is 129 Å². The highest BCUT2D eigenvalue weighted by molar-refractivity contribution is 5.86. The van der Waals surface area contributed by atoms with Gasteiger partial charge < -0.3 is 10.1 Å². The average molecular weight is 305 g/mol. The fourth-order valence-electron chi connectivity index (χ4n) is 2.51. The lowest BCUT2D eigenvalue weighted by molar-refractivity contribution is -0.145. The van der Waals surface area contributed by atoms with Crippen molar-refractivity contribution in [2.75, 3.05) is 7.11 Å². The zero-order valence-corrected chi connectivity index (χ0v) is 12.5. The molecule has 0 unspecified atom stereocenters. The van der Waals surface area contributed by atoms with Gasteiger partial charge >= 0.3 is 5.97 Å². The normalized spacial score (nSPS) is 18.5. The highest BCUT2D eigenvalue weighted by Crippen LogP contribution is 2.18. The quantitative estimate of drug-likeness (QED) is 0.671. The Hall–Kier alpha value is -2.17. The molecule has 2 rings (SSSR count). The zero-order chi connectivity index (χ0) is 15.9. The number of halogens is 1. The van der Waals surface area contributed by atoms with Gasteiger partial charge in [0.2, 0.25) is 5.91 Å². The van der Waals surface area contributed by atoms with E-state index in [1.54, 1.807) is 12.1 Å². The minimum absolute atomic E-state index is 0.106. The predicted octanol–water partition coefficient (Wildman–Crippen LogP) is 2.38. The minimum Gasteiger partial charge on any atom is -0.467 e. The second-order valence-corrected chi connectivity index (χ2v) is 5.40. The highest BCUT2D eigenvalue weighted by atomic mass is 19.1. The second kappa shape index (κ2) is 7.73. The summed E-state index contributed by atoms with van der Waals surface area (Å²) in [4.78, 5) is 24.1. The van der Waals surface area contributed by atoms with E-state index in [4.69, 9.17) is 4.74 Å². The molecule has 0 spiro atoms. The summed E-state index contributed by atoms with van der Waals surface area (Å²) in [5, 5.41) is 2.76. The first-order chi connectivity index (χ1) is 10.6. The summed E-state index contributed by atoms with van der Waals surface area (Å²) < 4.78 is 17.7. The molecule has 22 heavy (non-hydrogen) atoms. The van der Waals surface area contributed by atoms with E-state index >= 15 is 0 Å². The standard InChI is InChI=1S/C17H20FNO3/c1-22-17(21)15(11-12-7-9-14(18)10-8-12)19-16(20)13-5-3-2-4-6-13/h2-3,7-10,13,15H,4-6,11H2,1H3,(H,19,20)/t13-,15+/m0/s1. The van der Waals surface area contributed by atoms with Crippen molar-refractivity contribution in [3.05, 3.63) is 47.8 Å². The second-order valence-electron chi connectivity index (χ2n) is 5.40. The van der Waals surface area contributed by atoms with Gasteiger partial charge in [0.15, 0.2) is 0 Å². The molecule has 0 heterocycles. The number of hydrogen-bond acceptors (Lipinski definition) is 3. The third kappa shape index (κ3) is 4.41. The van der Waals surface area contributed by atoms with Gasteiger partial charge in [-0.3, -0.25) is 4.79 Å². The Morgan fingerprint density at radius 2 is 2.05 bits per heavy atom. The van der Waals surface area contributed by atoms with Crippen molar-refractivity contribution in [2.45, 2.75) is 31.7 Å². The number of esters is 1. The minimum atomic E-state index is -0.756. The van der Waals surface area contributed by atoms with E-state index in [0.717, 1.165) is 18.4 Å². The fourth-order valence-corrected chi connectivity index (χ4v) is 2.51. The first-order valence-electron chi connectivity index (χ1n) is 7.38. The summed E-state index contributed by atoms with van der Waals surface area (Å²) in [5.74, 6) is -1.08. The summed E-state index contributed by atoms with van der Waals surface area (Å²) >= 11 is 0. The van der Waals surface area contributed by atoms with Crippen LogP contribution < -0.4 is 5.32 Å². The smallest absolute Gasteiger partial charge is 0.328 e. The van der Waals surface area contributed by atoms with Gasteiger partial charge in [-0.2, -0.15) is 0 Å². The van der Waals surface area contributed by atoms with E-state index in [1.165, 1.54) is 19.2 Å². The first kappa shape index (κ1) is 16.2. The maximum absolute atomic E-state index is 12.9. The van der Waals surface area contributed by atoms with Crippen LogP contribution in [0.5, 0.6) is 0 Å². The topological polar surface area (TPSA) is 55.4 Å². The summed E-state index contributed by atoms with van der Waals surface area (Å²) in [6, 6.07) is 5.10. The van der Waals surface area contributed by atoms with E-state index in [-0.39, 0.29) is 24.1 Å². The van der Waals surface area contributed by atoms with Gasteiger partial charge in [0.1, 0.15) is 11.9 Å². The Bertz CT molecular complexity index is 554. The van der Waals surface area contributed by atoms with Crippen molar-refractivity contribution in [1.82, 2.24) is 5.32 Å². The number of benzene rings is 1. The molecule has 0 bridgehead atoms. The van der Waals surface area contributed by atoms with Gasteiger partial charge in [0.25, 0.3) is 0 Å². The number of rotatable bonds is 5. The fraction of sp³-hybridized carbons (Fsp3) is 0.412. The van der Waals surface area contributed by atoms with E-state index < -0.39 is 12.0 Å². The molecule has 1 amide bonds. The van der Waals surface area contributed by atoms with Crippen LogP contribution in [-0.4, -0.2) is 25.0 Å². The number of nitrogens with one attached hydrogen (secondary N) is 1. The molecule has 2 atom stereocenters. The molecule has 5 heteroatoms. The Kier molecular flexibility index (Phi) is 5.69. The number of ether oxygens (including phenoxy) is 1. The van der Waals surface area contributed by atoms with Crippen LogP contribution in [0.1, 0.15) is 24.8 Å². The van der Waals surface area contributed by atoms with Crippen LogP contribution in [0.2, 0.25) is 0 Å². The highest BCUT2D eigenvalue weighted by Gasteiger charge is 2.26. The van der Waals surface area contributed by atoms with E-state index in [2.05, 4.69) is 11.4 Å². The largest absolute Gasteiger partial charge is 0.467 e. The number of amides is 1. The number of hydrogen-bond donors (Lipinski definition) is 1. The molecule has 0 fully saturated rings. The number of carbonyl (C=O) groups excluding carboxylic acids is 2. The van der Waals surface area contributed by atoms with E-state index in [9.17, 15) is 14.0 Å². The van der Waals surface area contributed by atoms with Gasteiger partial charge in [-0.15, -0.1) is 0 Å². The molecule has 1 aromatic rings. The molecule has 118 valence electrons. The number of methoxy groups -OCH3 is 1. The van der Waals surface area contributed by atoms with Gasteiger partial charge in [0.05, 0.1) is 7.11 Å². The first-order valence-corrected chi connectivity index (χ1v) is 7.38. The molecule has 1 N–H and O–H groups in total. The van der Waals surface area contributed by atoms with Crippen molar-refractivity contribution in [3.8, 4) is 0 Å². The van der Waals surface area contributed by atoms with Crippen LogP contribution in [-0.2, 0) is 20.7 Å². The third-order valence-corrected chi connectivity index (χ3v) is 3.80. The van der Waals surface area contributed by atoms with Crippen LogP contribution in [0.25, 0.3) is 0 Å². The lowest BCUT2D eigenvalue weighted by Crippen LogP contribution is -2.45. The molecule has 1 aliphatic rings. The molecule has 0 saturated heterocycles. The van der Waals surface area contributed by atoms with Crippen LogP contribution in [0.15, 0.2) is 36.4 Å². The van der Waals surface area contributed by atoms with Crippen molar-refractivity contribution in [1.29, 1.82) is 0 Å². The molecule has 1 aliphatic carbocycles. The Balaban J connectivity index is 2.02. The lowest BCUT2D eigenvalue weighted by atomic mass is 9.93. The predicted molar refractivity (Wildman–Crippen MR) is 80.5 cm³/mol. The van der Waals surface area contributed by atoms with Crippen molar-refractivity contribution >= 4 is 11.9 Å². The van der Waals surface area contributed by atoms with Crippen LogP contribution >= 0.6 is 0 Å². The number of allylic oxidation sites excluding steroid dienone is 2. The molecule has 4 nitrogen and oxygen atoms in total.